The van der Waals surface area contributed by atoms with Crippen molar-refractivity contribution in [3.63, 3.8) is 0 Å². The minimum atomic E-state index is -0.495. The zero-order valence-corrected chi connectivity index (χ0v) is 13.2. The molecule has 4 nitrogen and oxygen atoms in total. The van der Waals surface area contributed by atoms with Crippen LogP contribution in [0.1, 0.15) is 36.9 Å². The van der Waals surface area contributed by atoms with Crippen LogP contribution in [-0.2, 0) is 4.79 Å². The Morgan fingerprint density at radius 2 is 2.00 bits per heavy atom. The number of carbonyl (C=O) groups excluding carboxylic acids is 1. The number of likely N-dealkylation sites (tertiary alicyclic amines) is 1. The molecule has 1 aromatic rings. The van der Waals surface area contributed by atoms with Crippen molar-refractivity contribution in [2.45, 2.75) is 38.8 Å². The molecule has 0 saturated carbocycles. The Balaban J connectivity index is 1.86. The highest BCUT2D eigenvalue weighted by Gasteiger charge is 2.24. The number of benzene rings is 1. The van der Waals surface area contributed by atoms with Crippen LogP contribution >= 0.6 is 0 Å². The summed E-state index contributed by atoms with van der Waals surface area (Å²) in [6.07, 6.45) is 1.05. The van der Waals surface area contributed by atoms with Crippen molar-refractivity contribution in [1.82, 2.24) is 9.80 Å². The second kappa shape index (κ2) is 7.05. The third kappa shape index (κ3) is 4.29. The predicted molar refractivity (Wildman–Crippen MR) is 84.0 cm³/mol. The fourth-order valence-electron chi connectivity index (χ4n) is 2.80. The largest absolute Gasteiger partial charge is 0.390 e. The predicted octanol–water partition coefficient (Wildman–Crippen LogP) is 1.97. The van der Waals surface area contributed by atoms with Crippen LogP contribution in [0.15, 0.2) is 24.3 Å². The maximum atomic E-state index is 11.6. The lowest BCUT2D eigenvalue weighted by molar-refractivity contribution is -0.129. The number of carbonyl (C=O) groups is 1. The standard InChI is InChI=1S/C17H26N2O2/c1-13-6-8-15(9-7-13)14(2)18(3)11-16(20)12-19-10-4-5-17(19)21/h6-9,14,16,20H,4-5,10-12H2,1-3H3. The summed E-state index contributed by atoms with van der Waals surface area (Å²) in [5.74, 6) is 0.170. The summed E-state index contributed by atoms with van der Waals surface area (Å²) in [7, 11) is 2.01. The number of aliphatic hydroxyl groups excluding tert-OH is 1. The number of likely N-dealkylation sites (N-methyl/N-ethyl adjacent to an activating group) is 1. The van der Waals surface area contributed by atoms with Crippen LogP contribution in [0.4, 0.5) is 0 Å². The number of amides is 1. The van der Waals surface area contributed by atoms with Crippen molar-refractivity contribution < 1.29 is 9.90 Å². The number of nitrogens with zero attached hydrogens (tertiary/aromatic N) is 2. The molecule has 1 aromatic carbocycles. The Morgan fingerprint density at radius 3 is 2.57 bits per heavy atom. The summed E-state index contributed by atoms with van der Waals surface area (Å²) in [4.78, 5) is 15.5. The molecule has 4 heteroatoms. The van der Waals surface area contributed by atoms with Crippen molar-refractivity contribution in [2.75, 3.05) is 26.7 Å². The molecule has 1 heterocycles. The normalized spacial score (nSPS) is 18.3. The van der Waals surface area contributed by atoms with Crippen molar-refractivity contribution in [2.24, 2.45) is 0 Å². The molecule has 1 amide bonds. The summed E-state index contributed by atoms with van der Waals surface area (Å²) in [6, 6.07) is 8.73. The molecule has 0 spiro atoms. The van der Waals surface area contributed by atoms with E-state index in [9.17, 15) is 9.90 Å². The van der Waals surface area contributed by atoms with Crippen molar-refractivity contribution in [3.05, 3.63) is 35.4 Å². The first-order valence-corrected chi connectivity index (χ1v) is 7.70. The molecule has 1 N–H and O–H groups in total. The van der Waals surface area contributed by atoms with Gasteiger partial charge >= 0.3 is 0 Å². The molecular formula is C17H26N2O2. The van der Waals surface area contributed by atoms with Gasteiger partial charge in [0.1, 0.15) is 0 Å². The highest BCUT2D eigenvalue weighted by Crippen LogP contribution is 2.19. The zero-order valence-electron chi connectivity index (χ0n) is 13.2. The van der Waals surface area contributed by atoms with Crippen LogP contribution in [-0.4, -0.2) is 53.6 Å². The molecule has 0 aliphatic carbocycles. The van der Waals surface area contributed by atoms with E-state index in [1.165, 1.54) is 11.1 Å². The third-order valence-electron chi connectivity index (χ3n) is 4.32. The van der Waals surface area contributed by atoms with Crippen molar-refractivity contribution >= 4 is 5.91 Å². The topological polar surface area (TPSA) is 43.8 Å². The van der Waals surface area contributed by atoms with E-state index in [2.05, 4.69) is 43.0 Å². The Morgan fingerprint density at radius 1 is 1.33 bits per heavy atom. The van der Waals surface area contributed by atoms with Gasteiger partial charge in [-0.2, -0.15) is 0 Å². The average Bonchev–Trinajstić information content (AvgIpc) is 2.84. The van der Waals surface area contributed by atoms with Gasteiger partial charge in [-0.25, -0.2) is 0 Å². The number of hydrogen-bond donors (Lipinski definition) is 1. The Bertz CT molecular complexity index is 472. The van der Waals surface area contributed by atoms with Gasteiger partial charge in [-0.3, -0.25) is 9.69 Å². The second-order valence-electron chi connectivity index (χ2n) is 6.12. The molecule has 1 aliphatic heterocycles. The molecule has 2 rings (SSSR count). The van der Waals surface area contributed by atoms with E-state index in [0.717, 1.165) is 13.0 Å². The van der Waals surface area contributed by atoms with Gasteiger partial charge in [0.05, 0.1) is 6.10 Å². The van der Waals surface area contributed by atoms with Gasteiger partial charge in [0.15, 0.2) is 0 Å². The summed E-state index contributed by atoms with van der Waals surface area (Å²) >= 11 is 0. The van der Waals surface area contributed by atoms with E-state index in [4.69, 9.17) is 0 Å². The highest BCUT2D eigenvalue weighted by atomic mass is 16.3. The number of aliphatic hydroxyl groups is 1. The zero-order chi connectivity index (χ0) is 15.4. The molecule has 1 fully saturated rings. The van der Waals surface area contributed by atoms with E-state index in [-0.39, 0.29) is 11.9 Å². The number of β-amino-alcohol motifs (C(OH)–C–C–N with tert-alkyl or cyclic N) is 1. The quantitative estimate of drug-likeness (QED) is 0.871. The average molecular weight is 290 g/mol. The lowest BCUT2D eigenvalue weighted by Gasteiger charge is -2.29. The van der Waals surface area contributed by atoms with Gasteiger partial charge in [0, 0.05) is 32.1 Å². The van der Waals surface area contributed by atoms with Crippen LogP contribution in [0, 0.1) is 6.92 Å². The Labute approximate surface area is 127 Å². The summed E-state index contributed by atoms with van der Waals surface area (Å²) < 4.78 is 0. The second-order valence-corrected chi connectivity index (χ2v) is 6.12. The third-order valence-corrected chi connectivity index (χ3v) is 4.32. The van der Waals surface area contributed by atoms with Crippen molar-refractivity contribution in [1.29, 1.82) is 0 Å². The molecule has 116 valence electrons. The molecule has 1 saturated heterocycles. The fourth-order valence-corrected chi connectivity index (χ4v) is 2.80. The van der Waals surface area contributed by atoms with E-state index >= 15 is 0 Å². The number of hydrogen-bond acceptors (Lipinski definition) is 3. The molecule has 2 unspecified atom stereocenters. The molecule has 0 radical (unpaired) electrons. The summed E-state index contributed by atoms with van der Waals surface area (Å²) in [5.41, 5.74) is 2.49. The Kier molecular flexibility index (Phi) is 5.37. The van der Waals surface area contributed by atoms with E-state index in [1.54, 1.807) is 4.90 Å². The SMILES string of the molecule is Cc1ccc(C(C)N(C)CC(O)CN2CCCC2=O)cc1. The van der Waals surface area contributed by atoms with Crippen LogP contribution in [0.25, 0.3) is 0 Å². The molecule has 0 aromatic heterocycles. The maximum Gasteiger partial charge on any atom is 0.222 e. The molecule has 2 atom stereocenters. The maximum absolute atomic E-state index is 11.6. The van der Waals surface area contributed by atoms with E-state index < -0.39 is 6.10 Å². The van der Waals surface area contributed by atoms with Gasteiger partial charge in [-0.1, -0.05) is 29.8 Å². The molecule has 1 aliphatic rings. The van der Waals surface area contributed by atoms with Crippen LogP contribution in [0.2, 0.25) is 0 Å². The fraction of sp³-hybridized carbons (Fsp3) is 0.588. The first-order chi connectivity index (χ1) is 9.97. The van der Waals surface area contributed by atoms with Crippen LogP contribution in [0.5, 0.6) is 0 Å². The minimum absolute atomic E-state index is 0.170. The Hall–Kier alpha value is -1.39. The number of rotatable bonds is 6. The summed E-state index contributed by atoms with van der Waals surface area (Å²) in [5, 5.41) is 10.2. The van der Waals surface area contributed by atoms with Gasteiger partial charge in [-0.15, -0.1) is 0 Å². The molecular weight excluding hydrogens is 264 g/mol. The lowest BCUT2D eigenvalue weighted by atomic mass is 10.1. The molecule has 0 bridgehead atoms. The van der Waals surface area contributed by atoms with Gasteiger partial charge in [0.25, 0.3) is 0 Å². The highest BCUT2D eigenvalue weighted by molar-refractivity contribution is 5.78. The smallest absolute Gasteiger partial charge is 0.222 e. The van der Waals surface area contributed by atoms with Crippen molar-refractivity contribution in [3.8, 4) is 0 Å². The first kappa shape index (κ1) is 16.0. The van der Waals surface area contributed by atoms with E-state index in [0.29, 0.717) is 19.5 Å². The van der Waals surface area contributed by atoms with Gasteiger partial charge in [0.2, 0.25) is 5.91 Å². The molecule has 21 heavy (non-hydrogen) atoms. The van der Waals surface area contributed by atoms with Gasteiger partial charge in [-0.05, 0) is 32.9 Å². The minimum Gasteiger partial charge on any atom is -0.390 e. The monoisotopic (exact) mass is 290 g/mol. The first-order valence-electron chi connectivity index (χ1n) is 7.70. The summed E-state index contributed by atoms with van der Waals surface area (Å²) in [6.45, 7) is 6.02. The van der Waals surface area contributed by atoms with Crippen LogP contribution < -0.4 is 0 Å². The lowest BCUT2D eigenvalue weighted by Crippen LogP contribution is -2.40. The number of aryl methyl sites for hydroxylation is 1. The van der Waals surface area contributed by atoms with Gasteiger partial charge < -0.3 is 10.0 Å². The van der Waals surface area contributed by atoms with Crippen LogP contribution in [0.3, 0.4) is 0 Å². The van der Waals surface area contributed by atoms with E-state index in [1.807, 2.05) is 7.05 Å².